The molecule has 0 aromatic rings. The topological polar surface area (TPSA) is 0 Å². The summed E-state index contributed by atoms with van der Waals surface area (Å²) in [6.07, 6.45) is 0. The molecule has 0 N–H and O–H groups in total. The van der Waals surface area contributed by atoms with Crippen molar-refractivity contribution in [2.75, 3.05) is 74.5 Å². The average Bonchev–Trinajstić information content (AvgIpc) is 2.07. The van der Waals surface area contributed by atoms with E-state index in [2.05, 4.69) is 35.2 Å². The monoisotopic (exact) mass is 268 g/mol. The zero-order chi connectivity index (χ0) is 11.3. The summed E-state index contributed by atoms with van der Waals surface area (Å²) in [7, 11) is 11.9. The van der Waals surface area contributed by atoms with E-state index in [-0.39, 0.29) is 17.1 Å². The van der Waals surface area contributed by atoms with Crippen LogP contribution in [0.15, 0.2) is 0 Å². The Bertz CT molecular complexity index is 241. The van der Waals surface area contributed by atoms with Crippen LogP contribution >= 0.6 is 0 Å². The van der Waals surface area contributed by atoms with Gasteiger partial charge in [-0.25, -0.2) is 0 Å². The molecule has 0 atom stereocenters. The number of hydrogen-bond acceptors (Lipinski definition) is 0. The number of rotatable bonds is 0. The SMILES string of the molecule is C[N+]1(C)CC[N+]2(C)CC[N+](C)(C)C[C-]2C1.[Mn]. The van der Waals surface area contributed by atoms with Gasteiger partial charge in [-0.3, -0.25) is 0 Å². The molecule has 2 aliphatic heterocycles. The van der Waals surface area contributed by atoms with Crippen molar-refractivity contribution in [2.45, 2.75) is 0 Å². The number of nitrogens with zero attached hydrogens (tertiary/aromatic N) is 3. The molecule has 3 nitrogen and oxygen atoms in total. The van der Waals surface area contributed by atoms with Crippen LogP contribution in [-0.4, -0.2) is 88.0 Å². The molecule has 0 saturated carbocycles. The van der Waals surface area contributed by atoms with Crippen LogP contribution in [0.3, 0.4) is 0 Å². The summed E-state index contributed by atoms with van der Waals surface area (Å²) in [4.78, 5) is 0. The molecule has 0 aromatic heterocycles. The van der Waals surface area contributed by atoms with Crippen molar-refractivity contribution in [1.29, 1.82) is 0 Å². The van der Waals surface area contributed by atoms with Crippen LogP contribution in [-0.2, 0) is 17.1 Å². The number of quaternary nitrogens is 3. The first-order valence-electron chi connectivity index (χ1n) is 6.06. The molecule has 2 fully saturated rings. The summed E-state index contributed by atoms with van der Waals surface area (Å²) in [5, 5.41) is 0. The van der Waals surface area contributed by atoms with Gasteiger partial charge in [0.2, 0.25) is 0 Å². The Kier molecular flexibility index (Phi) is 3.84. The summed E-state index contributed by atoms with van der Waals surface area (Å²) < 4.78 is 3.62. The number of fused-ring (bicyclic) bond motifs is 1. The van der Waals surface area contributed by atoms with Gasteiger partial charge in [-0.05, 0) is 6.04 Å². The maximum atomic E-state index is 2.44. The molecule has 95 valence electrons. The smallest absolute Gasteiger partial charge is 0.124 e. The van der Waals surface area contributed by atoms with Crippen LogP contribution in [0.1, 0.15) is 0 Å². The second kappa shape index (κ2) is 4.25. The summed E-state index contributed by atoms with van der Waals surface area (Å²) in [5.74, 6) is 0. The second-order valence-electron chi connectivity index (χ2n) is 7.04. The Balaban J connectivity index is 0.00000128. The van der Waals surface area contributed by atoms with Crippen molar-refractivity contribution >= 4 is 0 Å². The third-order valence-corrected chi connectivity index (χ3v) is 4.38. The van der Waals surface area contributed by atoms with Crippen molar-refractivity contribution in [1.82, 2.24) is 0 Å². The van der Waals surface area contributed by atoms with Gasteiger partial charge in [0.15, 0.2) is 0 Å². The van der Waals surface area contributed by atoms with Crippen LogP contribution in [0.25, 0.3) is 0 Å². The van der Waals surface area contributed by atoms with Gasteiger partial charge >= 0.3 is 0 Å². The minimum Gasteiger partial charge on any atom is -0.437 e. The minimum absolute atomic E-state index is 0. The van der Waals surface area contributed by atoms with Gasteiger partial charge in [0, 0.05) is 37.2 Å². The number of piperazine rings is 2. The number of likely N-dealkylation sites (N-methyl/N-ethyl adjacent to an activating group) is 3. The summed E-state index contributed by atoms with van der Waals surface area (Å²) in [5.41, 5.74) is 0. The molecule has 4 heteroatoms. The molecule has 1 radical (unpaired) electrons. The Morgan fingerprint density at radius 1 is 0.688 bits per heavy atom. The first kappa shape index (κ1) is 14.5. The molecular weight excluding hydrogens is 241 g/mol. The molecule has 0 aliphatic carbocycles. The first-order valence-corrected chi connectivity index (χ1v) is 6.06. The average molecular weight is 268 g/mol. The van der Waals surface area contributed by atoms with Gasteiger partial charge in [0.1, 0.15) is 26.2 Å². The van der Waals surface area contributed by atoms with Crippen LogP contribution in [0.4, 0.5) is 0 Å². The van der Waals surface area contributed by atoms with E-state index in [9.17, 15) is 0 Å². The van der Waals surface area contributed by atoms with Gasteiger partial charge in [0.25, 0.3) is 0 Å². The van der Waals surface area contributed by atoms with E-state index in [1.54, 1.807) is 6.04 Å². The first-order chi connectivity index (χ1) is 6.73. The third kappa shape index (κ3) is 2.80. The zero-order valence-electron chi connectivity index (χ0n) is 11.5. The van der Waals surface area contributed by atoms with E-state index in [0.29, 0.717) is 0 Å². The summed E-state index contributed by atoms with van der Waals surface area (Å²) >= 11 is 0. The fourth-order valence-corrected chi connectivity index (χ4v) is 2.95. The zero-order valence-corrected chi connectivity index (χ0v) is 12.6. The van der Waals surface area contributed by atoms with Gasteiger partial charge in [-0.15, -0.1) is 0 Å². The van der Waals surface area contributed by atoms with Crippen molar-refractivity contribution in [3.63, 3.8) is 0 Å². The quantitative estimate of drug-likeness (QED) is 0.333. The molecule has 0 amide bonds. The molecule has 2 heterocycles. The second-order valence-corrected chi connectivity index (χ2v) is 7.04. The molecule has 16 heavy (non-hydrogen) atoms. The fraction of sp³-hybridized carbons (Fsp3) is 0.917. The predicted octanol–water partition coefficient (Wildman–Crippen LogP) is 0.142. The molecule has 2 rings (SSSR count). The summed E-state index contributed by atoms with van der Waals surface area (Å²) in [6, 6.07) is 1.77. The van der Waals surface area contributed by atoms with Crippen LogP contribution in [0.2, 0.25) is 0 Å². The van der Waals surface area contributed by atoms with Gasteiger partial charge in [-0.1, -0.05) is 0 Å². The maximum absolute atomic E-state index is 2.44. The van der Waals surface area contributed by atoms with Gasteiger partial charge in [0.05, 0.1) is 28.2 Å². The standard InChI is InChI=1S/C12H27N3.Mn/c1-13(2)6-8-15(5)9-7-14(3,4)11-12(15)10-13;/h6-11H2,1-5H3;/q+2;. The van der Waals surface area contributed by atoms with Crippen molar-refractivity contribution < 1.29 is 30.5 Å². The molecule has 2 aliphatic rings. The van der Waals surface area contributed by atoms with Gasteiger partial charge < -0.3 is 13.4 Å². The largest absolute Gasteiger partial charge is 0.437 e. The number of hydrogen-bond donors (Lipinski definition) is 0. The van der Waals surface area contributed by atoms with E-state index >= 15 is 0 Å². The van der Waals surface area contributed by atoms with E-state index in [0.717, 1.165) is 0 Å². The van der Waals surface area contributed by atoms with E-state index < -0.39 is 0 Å². The molecule has 0 aromatic carbocycles. The summed E-state index contributed by atoms with van der Waals surface area (Å²) in [6.45, 7) is 7.88. The van der Waals surface area contributed by atoms with Crippen LogP contribution < -0.4 is 0 Å². The Hall–Kier alpha value is 0.399. The Morgan fingerprint density at radius 2 is 1.06 bits per heavy atom. The molecule has 0 bridgehead atoms. The maximum Gasteiger partial charge on any atom is 0.124 e. The van der Waals surface area contributed by atoms with Crippen LogP contribution in [0.5, 0.6) is 0 Å². The van der Waals surface area contributed by atoms with Crippen molar-refractivity contribution in [3.05, 3.63) is 6.04 Å². The minimum atomic E-state index is 0. The van der Waals surface area contributed by atoms with Crippen molar-refractivity contribution in [2.24, 2.45) is 0 Å². The van der Waals surface area contributed by atoms with E-state index in [4.69, 9.17) is 0 Å². The third-order valence-electron chi connectivity index (χ3n) is 4.38. The Labute approximate surface area is 111 Å². The van der Waals surface area contributed by atoms with Crippen molar-refractivity contribution in [3.8, 4) is 0 Å². The molecule has 2 saturated heterocycles. The normalized spacial score (nSPS) is 31.3. The molecular formula is C12H27MnN3+2. The predicted molar refractivity (Wildman–Crippen MR) is 62.8 cm³/mol. The van der Waals surface area contributed by atoms with Crippen LogP contribution in [0, 0.1) is 6.04 Å². The Morgan fingerprint density at radius 3 is 1.44 bits per heavy atom. The fourth-order valence-electron chi connectivity index (χ4n) is 2.95. The van der Waals surface area contributed by atoms with E-state index in [1.807, 2.05) is 0 Å². The van der Waals surface area contributed by atoms with E-state index in [1.165, 1.54) is 52.7 Å². The molecule has 0 spiro atoms. The molecule has 0 unspecified atom stereocenters. The van der Waals surface area contributed by atoms with Gasteiger partial charge in [-0.2, -0.15) is 0 Å².